The zero-order chi connectivity index (χ0) is 20.3. The van der Waals surface area contributed by atoms with Gasteiger partial charge in [-0.25, -0.2) is 0 Å². The van der Waals surface area contributed by atoms with Gasteiger partial charge in [0.15, 0.2) is 11.9 Å². The highest BCUT2D eigenvalue weighted by atomic mass is 16.8. The summed E-state index contributed by atoms with van der Waals surface area (Å²) in [5.41, 5.74) is 0.957. The summed E-state index contributed by atoms with van der Waals surface area (Å²) in [6, 6.07) is 9.62. The third-order valence-corrected chi connectivity index (χ3v) is 4.80. The van der Waals surface area contributed by atoms with Crippen molar-refractivity contribution < 1.29 is 33.6 Å². The van der Waals surface area contributed by atoms with Crippen molar-refractivity contribution in [3.63, 3.8) is 0 Å². The van der Waals surface area contributed by atoms with Gasteiger partial charge in [-0.2, -0.15) is 0 Å². The molecule has 0 spiro atoms. The normalized spacial score (nSPS) is 33.9. The van der Waals surface area contributed by atoms with Gasteiger partial charge in [0.05, 0.1) is 13.2 Å². The van der Waals surface area contributed by atoms with Gasteiger partial charge < -0.3 is 28.8 Å². The molecule has 1 saturated carbocycles. The lowest BCUT2D eigenvalue weighted by Crippen LogP contribution is -2.65. The van der Waals surface area contributed by atoms with E-state index in [0.29, 0.717) is 0 Å². The van der Waals surface area contributed by atoms with Crippen LogP contribution in [0.1, 0.15) is 26.3 Å². The van der Waals surface area contributed by atoms with E-state index in [2.05, 4.69) is 6.58 Å². The molecule has 0 bridgehead atoms. The van der Waals surface area contributed by atoms with E-state index < -0.39 is 48.4 Å². The minimum atomic E-state index is -1.14. The summed E-state index contributed by atoms with van der Waals surface area (Å²) in [5, 5.41) is 10.9. The first-order valence-electron chi connectivity index (χ1n) is 9.41. The maximum absolute atomic E-state index is 11.7. The van der Waals surface area contributed by atoms with Crippen molar-refractivity contribution in [3.05, 3.63) is 48.6 Å². The van der Waals surface area contributed by atoms with Crippen LogP contribution in [0.5, 0.6) is 0 Å². The highest BCUT2D eigenvalue weighted by Crippen LogP contribution is 2.41. The molecule has 1 aromatic carbocycles. The topological polar surface area (TPSA) is 83.5 Å². The Morgan fingerprint density at radius 1 is 1.14 bits per heavy atom. The molecule has 28 heavy (non-hydrogen) atoms. The summed E-state index contributed by atoms with van der Waals surface area (Å²) in [6.07, 6.45) is -3.10. The van der Waals surface area contributed by atoms with Crippen molar-refractivity contribution in [1.29, 1.82) is 0 Å². The van der Waals surface area contributed by atoms with Crippen LogP contribution in [0.25, 0.3) is 0 Å². The van der Waals surface area contributed by atoms with E-state index >= 15 is 0 Å². The average molecular weight is 392 g/mol. The standard InChI is InChI=1S/C21H28O7/c1-5-11-24-16-15(23)17(26-13(2)22)18(20-19(16)27-21(3,4)28-20)25-12-14-9-7-6-8-10-14/h5-10,15-20,23H,1,11-12H2,2-4H3/t15-,16-,17+,18-,19-,20+/m0/s1. The zero-order valence-corrected chi connectivity index (χ0v) is 16.4. The summed E-state index contributed by atoms with van der Waals surface area (Å²) >= 11 is 0. The number of aliphatic hydroxyl groups is 1. The van der Waals surface area contributed by atoms with Crippen LogP contribution in [-0.2, 0) is 35.1 Å². The fourth-order valence-corrected chi connectivity index (χ4v) is 3.75. The largest absolute Gasteiger partial charge is 0.457 e. The van der Waals surface area contributed by atoms with E-state index in [9.17, 15) is 9.90 Å². The minimum Gasteiger partial charge on any atom is -0.457 e. The van der Waals surface area contributed by atoms with Crippen LogP contribution in [-0.4, -0.2) is 60.1 Å². The first kappa shape index (κ1) is 21.0. The molecule has 7 nitrogen and oxygen atoms in total. The number of rotatable bonds is 7. The molecule has 2 aliphatic rings. The van der Waals surface area contributed by atoms with E-state index in [1.54, 1.807) is 19.9 Å². The van der Waals surface area contributed by atoms with Gasteiger partial charge in [-0.05, 0) is 19.4 Å². The fourth-order valence-electron chi connectivity index (χ4n) is 3.75. The quantitative estimate of drug-likeness (QED) is 0.561. The molecule has 1 aliphatic heterocycles. The summed E-state index contributed by atoms with van der Waals surface area (Å²) in [6.45, 7) is 9.01. The molecule has 0 amide bonds. The van der Waals surface area contributed by atoms with Crippen LogP contribution in [0.2, 0.25) is 0 Å². The lowest BCUT2D eigenvalue weighted by Gasteiger charge is -2.44. The molecule has 3 rings (SSSR count). The van der Waals surface area contributed by atoms with Crippen LogP contribution in [0.15, 0.2) is 43.0 Å². The van der Waals surface area contributed by atoms with Crippen LogP contribution in [0.4, 0.5) is 0 Å². The second kappa shape index (κ2) is 8.71. The predicted molar refractivity (Wildman–Crippen MR) is 100 cm³/mol. The average Bonchev–Trinajstić information content (AvgIpc) is 2.96. The smallest absolute Gasteiger partial charge is 0.303 e. The molecule has 1 heterocycles. The van der Waals surface area contributed by atoms with Crippen molar-refractivity contribution in [2.45, 2.75) is 69.8 Å². The molecule has 6 atom stereocenters. The molecular formula is C21H28O7. The van der Waals surface area contributed by atoms with Crippen molar-refractivity contribution >= 4 is 5.97 Å². The van der Waals surface area contributed by atoms with Gasteiger partial charge in [0.1, 0.15) is 30.5 Å². The second-order valence-electron chi connectivity index (χ2n) is 7.48. The lowest BCUT2D eigenvalue weighted by atomic mass is 9.84. The van der Waals surface area contributed by atoms with E-state index in [0.717, 1.165) is 5.56 Å². The van der Waals surface area contributed by atoms with Crippen LogP contribution >= 0.6 is 0 Å². The maximum Gasteiger partial charge on any atom is 0.303 e. The summed E-state index contributed by atoms with van der Waals surface area (Å²) in [7, 11) is 0. The zero-order valence-electron chi connectivity index (χ0n) is 16.4. The lowest BCUT2D eigenvalue weighted by molar-refractivity contribution is -0.229. The van der Waals surface area contributed by atoms with Crippen molar-refractivity contribution in [1.82, 2.24) is 0 Å². The number of aliphatic hydroxyl groups excluding tert-OH is 1. The van der Waals surface area contributed by atoms with E-state index in [-0.39, 0.29) is 13.2 Å². The molecule has 0 radical (unpaired) electrons. The maximum atomic E-state index is 11.7. The Balaban J connectivity index is 1.87. The van der Waals surface area contributed by atoms with E-state index in [1.165, 1.54) is 6.92 Å². The van der Waals surface area contributed by atoms with Crippen LogP contribution in [0.3, 0.4) is 0 Å². The van der Waals surface area contributed by atoms with Crippen molar-refractivity contribution in [2.75, 3.05) is 6.61 Å². The summed E-state index contributed by atoms with van der Waals surface area (Å²) in [4.78, 5) is 11.7. The molecule has 7 heteroatoms. The molecule has 1 aromatic rings. The van der Waals surface area contributed by atoms with E-state index in [1.807, 2.05) is 30.3 Å². The number of fused-ring (bicyclic) bond motifs is 1. The number of ether oxygens (including phenoxy) is 5. The summed E-state index contributed by atoms with van der Waals surface area (Å²) < 4.78 is 29.4. The molecule has 1 saturated heterocycles. The SMILES string of the molecule is C=CCO[C@H]1[C@H](O)[C@@H](OC(C)=O)[C@H](OCc2ccccc2)[C@H]2OC(C)(C)O[C@H]21. The summed E-state index contributed by atoms with van der Waals surface area (Å²) in [5.74, 6) is -1.40. The van der Waals surface area contributed by atoms with Gasteiger partial charge in [-0.15, -0.1) is 6.58 Å². The third kappa shape index (κ3) is 4.61. The van der Waals surface area contributed by atoms with Crippen LogP contribution < -0.4 is 0 Å². The highest BCUT2D eigenvalue weighted by Gasteiger charge is 2.60. The van der Waals surface area contributed by atoms with Gasteiger partial charge in [-0.1, -0.05) is 36.4 Å². The molecule has 2 fully saturated rings. The number of esters is 1. The Hall–Kier alpha value is -1.77. The second-order valence-corrected chi connectivity index (χ2v) is 7.48. The Kier molecular flexibility index (Phi) is 6.52. The molecule has 1 aliphatic carbocycles. The number of carbonyl (C=O) groups is 1. The van der Waals surface area contributed by atoms with Gasteiger partial charge >= 0.3 is 5.97 Å². The Morgan fingerprint density at radius 3 is 2.39 bits per heavy atom. The fraction of sp³-hybridized carbons (Fsp3) is 0.571. The Bertz CT molecular complexity index is 675. The predicted octanol–water partition coefficient (Wildman–Crippen LogP) is 1.97. The highest BCUT2D eigenvalue weighted by molar-refractivity contribution is 5.66. The number of hydrogen-bond donors (Lipinski definition) is 1. The molecular weight excluding hydrogens is 364 g/mol. The monoisotopic (exact) mass is 392 g/mol. The number of benzene rings is 1. The third-order valence-electron chi connectivity index (χ3n) is 4.80. The van der Waals surface area contributed by atoms with Gasteiger partial charge in [-0.3, -0.25) is 4.79 Å². The molecule has 1 N–H and O–H groups in total. The molecule has 0 unspecified atom stereocenters. The van der Waals surface area contributed by atoms with Gasteiger partial charge in [0.2, 0.25) is 0 Å². The number of carbonyl (C=O) groups excluding carboxylic acids is 1. The minimum absolute atomic E-state index is 0.219. The van der Waals surface area contributed by atoms with Gasteiger partial charge in [0.25, 0.3) is 0 Å². The molecule has 154 valence electrons. The Labute approximate surface area is 165 Å². The van der Waals surface area contributed by atoms with Crippen molar-refractivity contribution in [3.8, 4) is 0 Å². The molecule has 0 aromatic heterocycles. The van der Waals surface area contributed by atoms with Crippen LogP contribution in [0, 0.1) is 0 Å². The number of hydrogen-bond acceptors (Lipinski definition) is 7. The first-order chi connectivity index (χ1) is 13.3. The van der Waals surface area contributed by atoms with E-state index in [4.69, 9.17) is 23.7 Å². The Morgan fingerprint density at radius 2 is 1.79 bits per heavy atom. The van der Waals surface area contributed by atoms with Crippen molar-refractivity contribution in [2.24, 2.45) is 0 Å². The first-order valence-corrected chi connectivity index (χ1v) is 9.41. The van der Waals surface area contributed by atoms with Gasteiger partial charge in [0, 0.05) is 6.92 Å².